The van der Waals surface area contributed by atoms with Crippen LogP contribution in [0, 0.1) is 17.8 Å². The summed E-state index contributed by atoms with van der Waals surface area (Å²) in [7, 11) is 0. The summed E-state index contributed by atoms with van der Waals surface area (Å²) in [6.07, 6.45) is 2.96. The minimum absolute atomic E-state index is 0.0601. The maximum atomic E-state index is 14.7. The zero-order chi connectivity index (χ0) is 25.3. The number of anilines is 1. The molecule has 0 fully saturated rings. The van der Waals surface area contributed by atoms with Crippen molar-refractivity contribution in [1.29, 1.82) is 0 Å². The number of carbonyl (C=O) groups is 1. The molecular formula is C24H18ClFN6O4. The number of nitrogens with two attached hydrogens (primary N) is 1. The molecule has 0 unspecified atom stereocenters. The first-order chi connectivity index (χ1) is 17.4. The van der Waals surface area contributed by atoms with Gasteiger partial charge < -0.3 is 25.3 Å². The number of benzene rings is 1. The molecule has 3 aromatic rings. The van der Waals surface area contributed by atoms with Crippen LogP contribution in [0.1, 0.15) is 35.0 Å². The number of nitrogens with zero attached hydrogens (tertiary/aromatic N) is 4. The van der Waals surface area contributed by atoms with Gasteiger partial charge in [-0.2, -0.15) is 4.39 Å². The van der Waals surface area contributed by atoms with Crippen LogP contribution in [0.5, 0.6) is 17.4 Å². The third-order valence-corrected chi connectivity index (χ3v) is 5.78. The second-order valence-corrected chi connectivity index (χ2v) is 8.13. The summed E-state index contributed by atoms with van der Waals surface area (Å²) in [5, 5.41) is 2.72. The van der Waals surface area contributed by atoms with E-state index < -0.39 is 17.4 Å². The van der Waals surface area contributed by atoms with Crippen LogP contribution in [0.25, 0.3) is 0 Å². The number of halogens is 2. The van der Waals surface area contributed by atoms with E-state index in [0.717, 1.165) is 0 Å². The van der Waals surface area contributed by atoms with Crippen molar-refractivity contribution >= 4 is 29.2 Å². The van der Waals surface area contributed by atoms with Crippen molar-refractivity contribution < 1.29 is 23.4 Å². The predicted molar refractivity (Wildman–Crippen MR) is 128 cm³/mol. The van der Waals surface area contributed by atoms with Gasteiger partial charge in [0.05, 0.1) is 19.0 Å². The van der Waals surface area contributed by atoms with Gasteiger partial charge in [0.25, 0.3) is 17.9 Å². The number of amides is 1. The van der Waals surface area contributed by atoms with Crippen molar-refractivity contribution in [3.05, 3.63) is 64.6 Å². The van der Waals surface area contributed by atoms with Gasteiger partial charge in [0.1, 0.15) is 22.1 Å². The summed E-state index contributed by atoms with van der Waals surface area (Å²) in [5.41, 5.74) is 6.17. The Labute approximate surface area is 209 Å². The number of amidine groups is 1. The largest absolute Gasteiger partial charge is 0.465 e. The second-order valence-electron chi connectivity index (χ2n) is 7.74. The number of carbonyl (C=O) groups excluding carboxylic acids is 1. The molecule has 182 valence electrons. The Balaban J connectivity index is 1.47. The van der Waals surface area contributed by atoms with Gasteiger partial charge in [-0.25, -0.2) is 19.9 Å². The van der Waals surface area contributed by atoms with E-state index in [9.17, 15) is 9.18 Å². The Morgan fingerprint density at radius 1 is 1.31 bits per heavy atom. The molecule has 2 aromatic heterocycles. The summed E-state index contributed by atoms with van der Waals surface area (Å²) < 4.78 is 31.2. The number of fused-ring (bicyclic) bond motifs is 4. The Kier molecular flexibility index (Phi) is 6.03. The fourth-order valence-corrected chi connectivity index (χ4v) is 4.19. The van der Waals surface area contributed by atoms with Gasteiger partial charge in [-0.05, 0) is 31.2 Å². The van der Waals surface area contributed by atoms with Crippen LogP contribution in [-0.4, -0.2) is 40.1 Å². The van der Waals surface area contributed by atoms with E-state index >= 15 is 0 Å². The molecule has 1 aromatic carbocycles. The van der Waals surface area contributed by atoms with Gasteiger partial charge in [0, 0.05) is 23.2 Å². The lowest BCUT2D eigenvalue weighted by Gasteiger charge is -2.39. The maximum absolute atomic E-state index is 14.7. The molecule has 0 bridgehead atoms. The van der Waals surface area contributed by atoms with E-state index in [1.165, 1.54) is 18.5 Å². The molecule has 12 heteroatoms. The lowest BCUT2D eigenvalue weighted by atomic mass is 9.78. The number of aromatic nitrogens is 3. The molecule has 2 aliphatic rings. The third kappa shape index (κ3) is 4.23. The van der Waals surface area contributed by atoms with Gasteiger partial charge in [-0.3, -0.25) is 4.79 Å². The minimum atomic E-state index is -1.15. The molecule has 36 heavy (non-hydrogen) atoms. The summed E-state index contributed by atoms with van der Waals surface area (Å²) in [4.78, 5) is 29.2. The first-order valence-electron chi connectivity index (χ1n) is 10.7. The average molecular weight is 509 g/mol. The Morgan fingerprint density at radius 2 is 2.17 bits per heavy atom. The molecule has 1 amide bonds. The van der Waals surface area contributed by atoms with Crippen LogP contribution >= 0.6 is 11.6 Å². The predicted octanol–water partition coefficient (Wildman–Crippen LogP) is 3.40. The smallest absolute Gasteiger partial charge is 0.283 e. The maximum Gasteiger partial charge on any atom is 0.283 e. The highest BCUT2D eigenvalue weighted by atomic mass is 35.5. The molecule has 2 aliphatic heterocycles. The fraction of sp³-hybridized carbons (Fsp3) is 0.208. The van der Waals surface area contributed by atoms with Crippen molar-refractivity contribution in [2.45, 2.75) is 18.9 Å². The second kappa shape index (κ2) is 9.31. The number of hydrogen-bond acceptors (Lipinski definition) is 9. The number of pyridine rings is 1. The SMILES string of the molecule is CC#CCOc1cnc(C(=O)Nc2ccc3c(c2)[C@@]2(CCOC(N)=N2)c2cc(Cl)nc(F)c2O3)cn1. The quantitative estimate of drug-likeness (QED) is 0.404. The zero-order valence-electron chi connectivity index (χ0n) is 18.8. The number of ether oxygens (including phenoxy) is 3. The molecule has 1 spiro atoms. The molecule has 0 saturated heterocycles. The zero-order valence-corrected chi connectivity index (χ0v) is 19.6. The lowest BCUT2D eigenvalue weighted by molar-refractivity contribution is 0.102. The van der Waals surface area contributed by atoms with Crippen molar-refractivity contribution in [2.24, 2.45) is 10.7 Å². The highest BCUT2D eigenvalue weighted by Crippen LogP contribution is 2.53. The molecule has 10 nitrogen and oxygen atoms in total. The molecule has 4 heterocycles. The Morgan fingerprint density at radius 3 is 2.92 bits per heavy atom. The van der Waals surface area contributed by atoms with E-state index in [-0.39, 0.29) is 41.7 Å². The van der Waals surface area contributed by atoms with Gasteiger partial charge in [0.15, 0.2) is 12.4 Å². The first kappa shape index (κ1) is 23.3. The summed E-state index contributed by atoms with van der Waals surface area (Å²) in [6.45, 7) is 2.09. The standard InChI is InChI=1S/C24H18ClFN6O4/c1-2-3-7-34-19-12-28-16(11-29-19)22(33)30-13-4-5-17-14(9-13)24(6-8-35-23(27)32-24)15-10-18(25)31-21(26)20(15)36-17/h4-5,9-12H,6-8H2,1H3,(H2,27,32)(H,30,33)/t24-/m0/s1. The van der Waals surface area contributed by atoms with Crippen LogP contribution in [0.3, 0.4) is 0 Å². The minimum Gasteiger partial charge on any atom is -0.465 e. The van der Waals surface area contributed by atoms with Crippen molar-refractivity contribution in [2.75, 3.05) is 18.5 Å². The van der Waals surface area contributed by atoms with E-state index in [2.05, 4.69) is 37.1 Å². The third-order valence-electron chi connectivity index (χ3n) is 5.59. The molecule has 3 N–H and O–H groups in total. The average Bonchev–Trinajstić information content (AvgIpc) is 2.86. The van der Waals surface area contributed by atoms with Gasteiger partial charge >= 0.3 is 0 Å². The first-order valence-corrected chi connectivity index (χ1v) is 11.1. The van der Waals surface area contributed by atoms with Gasteiger partial charge in [0.2, 0.25) is 5.88 Å². The van der Waals surface area contributed by atoms with Crippen molar-refractivity contribution in [3.8, 4) is 29.2 Å². The van der Waals surface area contributed by atoms with Crippen LogP contribution in [0.4, 0.5) is 10.1 Å². The molecule has 0 radical (unpaired) electrons. The van der Waals surface area contributed by atoms with E-state index in [1.807, 2.05) is 0 Å². The van der Waals surface area contributed by atoms with E-state index in [1.54, 1.807) is 25.1 Å². The summed E-state index contributed by atoms with van der Waals surface area (Å²) in [6, 6.07) is 6.31. The fourth-order valence-electron chi connectivity index (χ4n) is 4.01. The van der Waals surface area contributed by atoms with Crippen molar-refractivity contribution in [1.82, 2.24) is 15.0 Å². The number of nitrogens with one attached hydrogen (secondary N) is 1. The molecule has 0 aliphatic carbocycles. The molecular weight excluding hydrogens is 491 g/mol. The molecule has 0 saturated carbocycles. The Bertz CT molecular complexity index is 1450. The Hall–Kier alpha value is -4.43. The summed E-state index contributed by atoms with van der Waals surface area (Å²) >= 11 is 6.06. The van der Waals surface area contributed by atoms with Gasteiger partial charge in [-0.15, -0.1) is 5.92 Å². The van der Waals surface area contributed by atoms with Gasteiger partial charge in [-0.1, -0.05) is 17.5 Å². The number of rotatable bonds is 4. The van der Waals surface area contributed by atoms with Crippen LogP contribution in [0.15, 0.2) is 41.7 Å². The van der Waals surface area contributed by atoms with Crippen molar-refractivity contribution in [3.63, 3.8) is 0 Å². The monoisotopic (exact) mass is 508 g/mol. The topological polar surface area (TPSA) is 134 Å². The van der Waals surface area contributed by atoms with Crippen LogP contribution in [-0.2, 0) is 10.3 Å². The summed E-state index contributed by atoms with van der Waals surface area (Å²) in [5.74, 6) is 4.57. The van der Waals surface area contributed by atoms with E-state index in [4.69, 9.17) is 31.5 Å². The molecule has 1 atom stereocenters. The highest BCUT2D eigenvalue weighted by Gasteiger charge is 2.46. The number of hydrogen-bond donors (Lipinski definition) is 2. The van der Waals surface area contributed by atoms with Crippen LogP contribution in [0.2, 0.25) is 5.15 Å². The highest BCUT2D eigenvalue weighted by molar-refractivity contribution is 6.29. The van der Waals surface area contributed by atoms with E-state index in [0.29, 0.717) is 29.0 Å². The van der Waals surface area contributed by atoms with Crippen LogP contribution < -0.4 is 20.5 Å². The number of aliphatic imine (C=N–C) groups is 1. The normalized spacial score (nSPS) is 17.4. The lowest BCUT2D eigenvalue weighted by Crippen LogP contribution is -2.39. The molecule has 5 rings (SSSR count).